The van der Waals surface area contributed by atoms with Crippen molar-refractivity contribution in [2.45, 2.75) is 25.7 Å². The second-order valence-corrected chi connectivity index (χ2v) is 7.22. The van der Waals surface area contributed by atoms with E-state index in [4.69, 9.17) is 4.98 Å². The number of hydrogen-bond acceptors (Lipinski definition) is 4. The van der Waals surface area contributed by atoms with Crippen LogP contribution in [0, 0.1) is 0 Å². The molecule has 1 amide bonds. The van der Waals surface area contributed by atoms with Crippen LogP contribution >= 0.6 is 23.7 Å². The van der Waals surface area contributed by atoms with Gasteiger partial charge in [0.2, 0.25) is 5.91 Å². The molecule has 0 bridgehead atoms. The number of alkyl halides is 2. The lowest BCUT2D eigenvalue weighted by Crippen LogP contribution is -2.34. The van der Waals surface area contributed by atoms with Crippen LogP contribution in [0.1, 0.15) is 18.4 Å². The molecule has 3 aromatic rings. The van der Waals surface area contributed by atoms with Crippen LogP contribution in [0.25, 0.3) is 21.8 Å². The largest absolute Gasteiger partial charge is 0.306 e. The number of hydrogen-bond donors (Lipinski definition) is 0. The summed E-state index contributed by atoms with van der Waals surface area (Å²) in [6.45, 7) is -0.561. The average molecular weight is 422 g/mol. The van der Waals surface area contributed by atoms with E-state index in [0.29, 0.717) is 24.9 Å². The van der Waals surface area contributed by atoms with E-state index in [1.54, 1.807) is 29.8 Å². The molecule has 0 unspecified atom stereocenters. The fourth-order valence-electron chi connectivity index (χ4n) is 3.28. The predicted octanol–water partition coefficient (Wildman–Crippen LogP) is 5.23. The minimum Gasteiger partial charge on any atom is -0.306 e. The number of nitrogens with zero attached hydrogens (tertiary/aromatic N) is 3. The van der Waals surface area contributed by atoms with Gasteiger partial charge in [0.25, 0.3) is 6.43 Å². The van der Waals surface area contributed by atoms with Crippen LogP contribution in [-0.4, -0.2) is 28.8 Å². The molecule has 3 heterocycles. The summed E-state index contributed by atoms with van der Waals surface area (Å²) in [5.41, 5.74) is 4.27. The average Bonchev–Trinajstić information content (AvgIpc) is 3.11. The number of anilines is 1. The van der Waals surface area contributed by atoms with Crippen molar-refractivity contribution in [1.82, 2.24) is 9.97 Å². The molecule has 1 aliphatic heterocycles. The Morgan fingerprint density at radius 3 is 2.64 bits per heavy atom. The number of fused-ring (bicyclic) bond motifs is 1. The highest BCUT2D eigenvalue weighted by molar-refractivity contribution is 7.13. The first-order chi connectivity index (χ1) is 13.1. The van der Waals surface area contributed by atoms with E-state index in [9.17, 15) is 13.6 Å². The van der Waals surface area contributed by atoms with Gasteiger partial charge in [-0.05, 0) is 42.7 Å². The van der Waals surface area contributed by atoms with Crippen LogP contribution in [0.4, 0.5) is 14.5 Å². The summed E-state index contributed by atoms with van der Waals surface area (Å²) in [6.07, 6.45) is 2.55. The van der Waals surface area contributed by atoms with E-state index >= 15 is 0 Å². The second-order valence-electron chi connectivity index (χ2n) is 6.37. The molecule has 0 saturated heterocycles. The summed E-state index contributed by atoms with van der Waals surface area (Å²) in [7, 11) is 0. The molecule has 28 heavy (non-hydrogen) atoms. The van der Waals surface area contributed by atoms with Crippen molar-refractivity contribution in [3.63, 3.8) is 0 Å². The Kier molecular flexibility index (Phi) is 6.36. The summed E-state index contributed by atoms with van der Waals surface area (Å²) in [4.78, 5) is 22.1. The molecule has 0 spiro atoms. The van der Waals surface area contributed by atoms with Crippen molar-refractivity contribution in [3.05, 3.63) is 53.7 Å². The van der Waals surface area contributed by atoms with Gasteiger partial charge < -0.3 is 4.90 Å². The number of halogens is 3. The van der Waals surface area contributed by atoms with Crippen LogP contribution in [0.5, 0.6) is 0 Å². The third-order valence-corrected chi connectivity index (χ3v) is 5.45. The lowest BCUT2D eigenvalue weighted by atomic mass is 10.0. The number of pyridine rings is 1. The normalized spacial score (nSPS) is 13.8. The van der Waals surface area contributed by atoms with Gasteiger partial charge in [0.1, 0.15) is 5.01 Å². The quantitative estimate of drug-likeness (QED) is 0.579. The number of carbonyl (C=O) groups is 1. The molecule has 1 aliphatic rings. The van der Waals surface area contributed by atoms with Gasteiger partial charge in [0.15, 0.2) is 0 Å². The smallest absolute Gasteiger partial charge is 0.256 e. The maximum atomic E-state index is 12.9. The maximum Gasteiger partial charge on any atom is 0.256 e. The lowest BCUT2D eigenvalue weighted by Gasteiger charge is -2.23. The molecule has 0 saturated carbocycles. The number of aryl methyl sites for hydroxylation is 1. The maximum absolute atomic E-state index is 12.9. The number of aromatic nitrogens is 2. The molecule has 8 heteroatoms. The van der Waals surface area contributed by atoms with Crippen LogP contribution in [0.2, 0.25) is 0 Å². The van der Waals surface area contributed by atoms with Gasteiger partial charge in [-0.2, -0.15) is 0 Å². The number of thiazole rings is 1. The van der Waals surface area contributed by atoms with Gasteiger partial charge in [0.05, 0.1) is 12.2 Å². The summed E-state index contributed by atoms with van der Waals surface area (Å²) in [5.74, 6) is -0.240. The zero-order valence-electron chi connectivity index (χ0n) is 14.8. The zero-order valence-corrected chi connectivity index (χ0v) is 16.5. The predicted molar refractivity (Wildman–Crippen MR) is 109 cm³/mol. The number of carbonyl (C=O) groups excluding carboxylic acids is 1. The Labute approximate surface area is 171 Å². The highest BCUT2D eigenvalue weighted by Gasteiger charge is 2.25. The van der Waals surface area contributed by atoms with E-state index in [1.807, 2.05) is 29.6 Å². The zero-order chi connectivity index (χ0) is 18.8. The minimum atomic E-state index is -2.55. The first-order valence-corrected chi connectivity index (χ1v) is 9.57. The standard InChI is InChI=1S/C20H17F2N3OS.ClH/c21-18(22)11-25-17-5-4-14(10-15(17)2-1-3-19(25)26)16-12-27-20(24-16)13-6-8-23-9-7-13;/h4-10,12,18H,1-3,11H2;1H. The second kappa shape index (κ2) is 8.75. The fraction of sp³-hybridized carbons (Fsp3) is 0.250. The monoisotopic (exact) mass is 421 g/mol. The molecule has 0 radical (unpaired) electrons. The summed E-state index contributed by atoms with van der Waals surface area (Å²) >= 11 is 1.55. The molecule has 4 nitrogen and oxygen atoms in total. The van der Waals surface area contributed by atoms with E-state index < -0.39 is 13.0 Å². The fourth-order valence-corrected chi connectivity index (χ4v) is 4.11. The van der Waals surface area contributed by atoms with Gasteiger partial charge in [-0.3, -0.25) is 9.78 Å². The van der Waals surface area contributed by atoms with Crippen molar-refractivity contribution in [2.75, 3.05) is 11.4 Å². The topological polar surface area (TPSA) is 46.1 Å². The van der Waals surface area contributed by atoms with Gasteiger partial charge in [-0.15, -0.1) is 23.7 Å². The van der Waals surface area contributed by atoms with Crippen molar-refractivity contribution in [2.24, 2.45) is 0 Å². The molecule has 0 aliphatic carbocycles. The molecule has 4 rings (SSSR count). The summed E-state index contributed by atoms with van der Waals surface area (Å²) < 4.78 is 25.8. The third-order valence-electron chi connectivity index (χ3n) is 4.56. The Bertz CT molecular complexity index is 965. The number of rotatable bonds is 4. The van der Waals surface area contributed by atoms with E-state index in [2.05, 4.69) is 4.98 Å². The van der Waals surface area contributed by atoms with Gasteiger partial charge in [-0.25, -0.2) is 13.8 Å². The molecular weight excluding hydrogens is 404 g/mol. The van der Waals surface area contributed by atoms with Crippen molar-refractivity contribution in [3.8, 4) is 21.8 Å². The Hall–Kier alpha value is -2.38. The van der Waals surface area contributed by atoms with E-state index in [-0.39, 0.29) is 18.3 Å². The van der Waals surface area contributed by atoms with Crippen molar-refractivity contribution >= 4 is 35.3 Å². The molecule has 146 valence electrons. The van der Waals surface area contributed by atoms with Crippen molar-refractivity contribution in [1.29, 1.82) is 0 Å². The number of amides is 1. The number of benzene rings is 1. The summed E-state index contributed by atoms with van der Waals surface area (Å²) in [6, 6.07) is 9.40. The molecule has 0 N–H and O–H groups in total. The highest BCUT2D eigenvalue weighted by atomic mass is 35.5. The Morgan fingerprint density at radius 2 is 1.89 bits per heavy atom. The lowest BCUT2D eigenvalue weighted by molar-refractivity contribution is -0.119. The van der Waals surface area contributed by atoms with Crippen LogP contribution in [-0.2, 0) is 11.2 Å². The minimum absolute atomic E-state index is 0. The molecule has 0 fully saturated rings. The molecule has 1 aromatic carbocycles. The Morgan fingerprint density at radius 1 is 1.11 bits per heavy atom. The van der Waals surface area contributed by atoms with Crippen LogP contribution < -0.4 is 4.90 Å². The first-order valence-electron chi connectivity index (χ1n) is 8.69. The van der Waals surface area contributed by atoms with Crippen LogP contribution in [0.3, 0.4) is 0 Å². The van der Waals surface area contributed by atoms with E-state index in [0.717, 1.165) is 27.4 Å². The molecule has 2 aromatic heterocycles. The SMILES string of the molecule is Cl.O=C1CCCc2cc(-c3csc(-c4ccncc4)n3)ccc2N1CC(F)F. The van der Waals surface area contributed by atoms with Crippen LogP contribution in [0.15, 0.2) is 48.1 Å². The molecule has 0 atom stereocenters. The first kappa shape index (κ1) is 20.4. The Balaban J connectivity index is 0.00000225. The highest BCUT2D eigenvalue weighted by Crippen LogP contribution is 2.34. The van der Waals surface area contributed by atoms with Crippen molar-refractivity contribution < 1.29 is 13.6 Å². The van der Waals surface area contributed by atoms with Gasteiger partial charge >= 0.3 is 0 Å². The third kappa shape index (κ3) is 4.20. The summed E-state index contributed by atoms with van der Waals surface area (Å²) in [5, 5.41) is 2.88. The van der Waals surface area contributed by atoms with Gasteiger partial charge in [-0.1, -0.05) is 6.07 Å². The molecular formula is C20H18ClF2N3OS. The van der Waals surface area contributed by atoms with E-state index in [1.165, 1.54) is 4.90 Å². The van der Waals surface area contributed by atoms with Gasteiger partial charge in [0, 0.05) is 41.0 Å².